The Morgan fingerprint density at radius 3 is 2.50 bits per heavy atom. The molecule has 6 nitrogen and oxygen atoms in total. The second kappa shape index (κ2) is 8.66. The van der Waals surface area contributed by atoms with Crippen molar-refractivity contribution in [3.05, 3.63) is 54.0 Å². The average Bonchev–Trinajstić information content (AvgIpc) is 3.08. The fraction of sp³-hybridized carbons (Fsp3) is 0.250. The van der Waals surface area contributed by atoms with Gasteiger partial charge in [-0.15, -0.1) is 0 Å². The first-order valence-corrected chi connectivity index (χ1v) is 7.17. The van der Waals surface area contributed by atoms with E-state index in [4.69, 9.17) is 4.42 Å². The molecule has 2 rings (SSSR count). The van der Waals surface area contributed by atoms with Gasteiger partial charge in [0.2, 0.25) is 5.91 Å². The summed E-state index contributed by atoms with van der Waals surface area (Å²) in [5, 5.41) is 5.07. The Balaban J connectivity index is 1.66. The highest BCUT2D eigenvalue weighted by Crippen LogP contribution is 2.14. The summed E-state index contributed by atoms with van der Waals surface area (Å²) in [5.41, 5.74) is 0.858. The lowest BCUT2D eigenvalue weighted by molar-refractivity contribution is -0.120. The molecule has 2 amide bonds. The van der Waals surface area contributed by atoms with Gasteiger partial charge in [-0.3, -0.25) is 9.59 Å². The van der Waals surface area contributed by atoms with Crippen LogP contribution in [0.25, 0.3) is 0 Å². The van der Waals surface area contributed by atoms with E-state index in [1.807, 2.05) is 0 Å². The van der Waals surface area contributed by atoms with E-state index in [1.165, 1.54) is 24.5 Å². The molecule has 0 atom stereocenters. The molecule has 0 unspecified atom stereocenters. The first-order chi connectivity index (χ1) is 11.5. The Hall–Kier alpha value is -2.90. The lowest BCUT2D eigenvalue weighted by Gasteiger charge is -2.07. The maximum absolute atomic E-state index is 12.0. The molecule has 0 spiro atoms. The zero-order valence-corrected chi connectivity index (χ0v) is 12.6. The van der Waals surface area contributed by atoms with Gasteiger partial charge in [0.05, 0.1) is 12.8 Å². The van der Waals surface area contributed by atoms with E-state index < -0.39 is 12.5 Å². The van der Waals surface area contributed by atoms with Crippen LogP contribution in [0, 0.1) is 0 Å². The number of alkyl halides is 2. The van der Waals surface area contributed by atoms with Crippen LogP contribution in [0.4, 0.5) is 8.78 Å². The molecule has 0 saturated carbocycles. The Bertz CT molecular complexity index is 657. The molecule has 0 aliphatic carbocycles. The molecule has 0 bridgehead atoms. The number of hydrogen-bond donors (Lipinski definition) is 2. The minimum atomic E-state index is -2.86. The zero-order chi connectivity index (χ0) is 17.4. The first kappa shape index (κ1) is 17.5. The van der Waals surface area contributed by atoms with E-state index in [1.54, 1.807) is 18.2 Å². The zero-order valence-electron chi connectivity index (χ0n) is 12.6. The lowest BCUT2D eigenvalue weighted by Crippen LogP contribution is -2.37. The second-order valence-corrected chi connectivity index (χ2v) is 4.78. The highest BCUT2D eigenvalue weighted by Gasteiger charge is 2.10. The van der Waals surface area contributed by atoms with Gasteiger partial charge < -0.3 is 19.8 Å². The second-order valence-electron chi connectivity index (χ2n) is 4.78. The van der Waals surface area contributed by atoms with Crippen molar-refractivity contribution in [1.29, 1.82) is 0 Å². The smallest absolute Gasteiger partial charge is 0.387 e. The summed E-state index contributed by atoms with van der Waals surface area (Å²) in [7, 11) is 0. The maximum Gasteiger partial charge on any atom is 0.387 e. The molecule has 2 aromatic rings. The highest BCUT2D eigenvalue weighted by atomic mass is 19.3. The van der Waals surface area contributed by atoms with Crippen LogP contribution in [-0.4, -0.2) is 31.5 Å². The number of hydrogen-bond acceptors (Lipinski definition) is 4. The highest BCUT2D eigenvalue weighted by molar-refractivity contribution is 5.94. The van der Waals surface area contributed by atoms with E-state index in [-0.39, 0.29) is 24.0 Å². The maximum atomic E-state index is 12.0. The molecule has 0 radical (unpaired) electrons. The Kier molecular flexibility index (Phi) is 6.30. The van der Waals surface area contributed by atoms with Crippen LogP contribution < -0.4 is 15.4 Å². The molecule has 0 saturated heterocycles. The number of halogens is 2. The van der Waals surface area contributed by atoms with Crippen molar-refractivity contribution in [2.75, 3.05) is 13.1 Å². The summed E-state index contributed by atoms with van der Waals surface area (Å²) in [6.07, 6.45) is 1.89. The quantitative estimate of drug-likeness (QED) is 0.771. The van der Waals surface area contributed by atoms with Crippen LogP contribution in [0.1, 0.15) is 16.1 Å². The van der Waals surface area contributed by atoms with Crippen LogP contribution in [0.3, 0.4) is 0 Å². The normalized spacial score (nSPS) is 10.5. The predicted octanol–water partition coefficient (Wildman–Crippen LogP) is 1.97. The third kappa shape index (κ3) is 5.71. The Morgan fingerprint density at radius 2 is 1.88 bits per heavy atom. The third-order valence-corrected chi connectivity index (χ3v) is 3.04. The van der Waals surface area contributed by atoms with Crippen LogP contribution >= 0.6 is 0 Å². The fourth-order valence-corrected chi connectivity index (χ4v) is 1.90. The largest absolute Gasteiger partial charge is 0.459 e. The number of carbonyl (C=O) groups excluding carboxylic acids is 2. The SMILES string of the molecule is O=C(CNC(=O)c1ccco1)NCCc1ccc(OC(F)F)cc1. The van der Waals surface area contributed by atoms with Crippen molar-refractivity contribution in [2.45, 2.75) is 13.0 Å². The van der Waals surface area contributed by atoms with Gasteiger partial charge in [-0.1, -0.05) is 12.1 Å². The predicted molar refractivity (Wildman–Crippen MR) is 80.8 cm³/mol. The van der Waals surface area contributed by atoms with Crippen molar-refractivity contribution in [1.82, 2.24) is 10.6 Å². The van der Waals surface area contributed by atoms with Gasteiger partial charge in [0, 0.05) is 6.54 Å². The summed E-state index contributed by atoms with van der Waals surface area (Å²) in [6.45, 7) is -2.67. The molecular formula is C16H16F2N2O4. The van der Waals surface area contributed by atoms with Gasteiger partial charge in [-0.25, -0.2) is 0 Å². The van der Waals surface area contributed by atoms with E-state index in [9.17, 15) is 18.4 Å². The van der Waals surface area contributed by atoms with Crippen molar-refractivity contribution < 1.29 is 27.5 Å². The summed E-state index contributed by atoms with van der Waals surface area (Å²) in [6, 6.07) is 9.23. The summed E-state index contributed by atoms with van der Waals surface area (Å²) in [4.78, 5) is 23.2. The van der Waals surface area contributed by atoms with Crippen LogP contribution in [0.5, 0.6) is 5.75 Å². The molecule has 8 heteroatoms. The number of ether oxygens (including phenoxy) is 1. The number of amides is 2. The van der Waals surface area contributed by atoms with Crippen LogP contribution in [-0.2, 0) is 11.2 Å². The molecule has 1 heterocycles. The first-order valence-electron chi connectivity index (χ1n) is 7.17. The van der Waals surface area contributed by atoms with E-state index >= 15 is 0 Å². The van der Waals surface area contributed by atoms with E-state index in [0.717, 1.165) is 5.56 Å². The summed E-state index contributed by atoms with van der Waals surface area (Å²) < 4.78 is 33.2. The number of nitrogens with one attached hydrogen (secondary N) is 2. The molecule has 0 aliphatic heterocycles. The van der Waals surface area contributed by atoms with Crippen LogP contribution in [0.2, 0.25) is 0 Å². The van der Waals surface area contributed by atoms with Gasteiger partial charge in [0.15, 0.2) is 5.76 Å². The summed E-state index contributed by atoms with van der Waals surface area (Å²) >= 11 is 0. The van der Waals surface area contributed by atoms with Gasteiger partial charge in [-0.2, -0.15) is 8.78 Å². The number of benzene rings is 1. The summed E-state index contributed by atoms with van der Waals surface area (Å²) in [5.74, 6) is -0.593. The molecular weight excluding hydrogens is 322 g/mol. The minimum Gasteiger partial charge on any atom is -0.459 e. The Morgan fingerprint density at radius 1 is 1.12 bits per heavy atom. The topological polar surface area (TPSA) is 80.6 Å². The lowest BCUT2D eigenvalue weighted by atomic mass is 10.1. The number of rotatable bonds is 8. The molecule has 0 fully saturated rings. The van der Waals surface area contributed by atoms with Crippen molar-refractivity contribution in [2.24, 2.45) is 0 Å². The molecule has 2 N–H and O–H groups in total. The Labute approximate surface area is 136 Å². The van der Waals surface area contributed by atoms with Gasteiger partial charge in [-0.05, 0) is 36.2 Å². The van der Waals surface area contributed by atoms with Gasteiger partial charge >= 0.3 is 6.61 Å². The number of carbonyl (C=O) groups is 2. The molecule has 128 valence electrons. The van der Waals surface area contributed by atoms with Crippen molar-refractivity contribution in [3.63, 3.8) is 0 Å². The third-order valence-electron chi connectivity index (χ3n) is 3.04. The van der Waals surface area contributed by atoms with Gasteiger partial charge in [0.1, 0.15) is 5.75 Å². The molecule has 1 aromatic heterocycles. The molecule has 24 heavy (non-hydrogen) atoms. The van der Waals surface area contributed by atoms with Gasteiger partial charge in [0.25, 0.3) is 5.91 Å². The average molecular weight is 338 g/mol. The molecule has 1 aromatic carbocycles. The van der Waals surface area contributed by atoms with Crippen LogP contribution in [0.15, 0.2) is 47.1 Å². The van der Waals surface area contributed by atoms with Crippen molar-refractivity contribution >= 4 is 11.8 Å². The minimum absolute atomic E-state index is 0.0819. The fourth-order valence-electron chi connectivity index (χ4n) is 1.90. The van der Waals surface area contributed by atoms with E-state index in [0.29, 0.717) is 13.0 Å². The van der Waals surface area contributed by atoms with E-state index in [2.05, 4.69) is 15.4 Å². The standard InChI is InChI=1S/C16H16F2N2O4/c17-16(18)24-12-5-3-11(4-6-12)7-8-19-14(21)10-20-15(22)13-2-1-9-23-13/h1-6,9,16H,7-8,10H2,(H,19,21)(H,20,22). The van der Waals surface area contributed by atoms with Crippen molar-refractivity contribution in [3.8, 4) is 5.75 Å². The molecule has 0 aliphatic rings. The number of furan rings is 1. The monoisotopic (exact) mass is 338 g/mol.